The van der Waals surface area contributed by atoms with E-state index in [1.165, 1.54) is 0 Å². The van der Waals surface area contributed by atoms with Gasteiger partial charge in [0.05, 0.1) is 0 Å². The highest BCUT2D eigenvalue weighted by Gasteiger charge is 2.18. The molecule has 6 aromatic rings. The maximum Gasteiger partial charge on any atom is 0.143 e. The van der Waals surface area contributed by atoms with Gasteiger partial charge in [-0.05, 0) is 30.2 Å². The number of furan rings is 2. The summed E-state index contributed by atoms with van der Waals surface area (Å²) >= 11 is 0. The van der Waals surface area contributed by atoms with E-state index in [-0.39, 0.29) is 0 Å². The second-order valence-corrected chi connectivity index (χ2v) is 7.01. The van der Waals surface area contributed by atoms with E-state index in [2.05, 4.69) is 61.5 Å². The van der Waals surface area contributed by atoms with Crippen molar-refractivity contribution < 1.29 is 8.83 Å². The van der Waals surface area contributed by atoms with Gasteiger partial charge in [-0.25, -0.2) is 0 Å². The van der Waals surface area contributed by atoms with Gasteiger partial charge in [0.15, 0.2) is 0 Å². The molecular formula is C25H16O2. The third kappa shape index (κ3) is 1.95. The summed E-state index contributed by atoms with van der Waals surface area (Å²) in [5.41, 5.74) is 7.09. The Morgan fingerprint density at radius 2 is 1.19 bits per heavy atom. The Kier molecular flexibility index (Phi) is 2.84. The van der Waals surface area contributed by atoms with Crippen LogP contribution < -0.4 is 0 Å². The van der Waals surface area contributed by atoms with Crippen LogP contribution in [0.5, 0.6) is 0 Å². The summed E-state index contributed by atoms with van der Waals surface area (Å²) in [4.78, 5) is 0. The number of para-hydroxylation sites is 3. The lowest BCUT2D eigenvalue weighted by molar-refractivity contribution is 0.666. The van der Waals surface area contributed by atoms with Gasteiger partial charge in [0.25, 0.3) is 0 Å². The van der Waals surface area contributed by atoms with Gasteiger partial charge in [0, 0.05) is 27.1 Å². The number of aryl methyl sites for hydroxylation is 1. The monoisotopic (exact) mass is 348 g/mol. The molecule has 27 heavy (non-hydrogen) atoms. The molecular weight excluding hydrogens is 332 g/mol. The number of hydrogen-bond acceptors (Lipinski definition) is 2. The summed E-state index contributed by atoms with van der Waals surface area (Å²) in [5, 5.41) is 4.58. The van der Waals surface area contributed by atoms with Crippen LogP contribution in [0.3, 0.4) is 0 Å². The van der Waals surface area contributed by atoms with Crippen molar-refractivity contribution in [1.29, 1.82) is 0 Å². The van der Waals surface area contributed by atoms with Crippen LogP contribution in [0.25, 0.3) is 55.0 Å². The first-order valence-electron chi connectivity index (χ1n) is 9.13. The Morgan fingerprint density at radius 1 is 0.519 bits per heavy atom. The van der Waals surface area contributed by atoms with E-state index in [0.29, 0.717) is 0 Å². The van der Waals surface area contributed by atoms with Crippen molar-refractivity contribution in [3.05, 3.63) is 84.4 Å². The van der Waals surface area contributed by atoms with Crippen molar-refractivity contribution in [1.82, 2.24) is 0 Å². The van der Waals surface area contributed by atoms with E-state index in [9.17, 15) is 0 Å². The molecule has 2 aromatic heterocycles. The van der Waals surface area contributed by atoms with Crippen molar-refractivity contribution in [2.24, 2.45) is 0 Å². The molecule has 0 atom stereocenters. The first kappa shape index (κ1) is 14.6. The minimum absolute atomic E-state index is 0.917. The van der Waals surface area contributed by atoms with Crippen molar-refractivity contribution in [2.45, 2.75) is 6.92 Å². The normalized spacial score (nSPS) is 11.9. The van der Waals surface area contributed by atoms with Crippen LogP contribution in [0.2, 0.25) is 0 Å². The first-order valence-corrected chi connectivity index (χ1v) is 9.13. The Balaban J connectivity index is 1.80. The maximum absolute atomic E-state index is 6.28. The maximum atomic E-state index is 6.28. The van der Waals surface area contributed by atoms with Crippen molar-refractivity contribution in [3.8, 4) is 11.1 Å². The topological polar surface area (TPSA) is 26.3 Å². The molecule has 128 valence electrons. The average Bonchev–Trinajstić information content (AvgIpc) is 3.28. The van der Waals surface area contributed by atoms with Crippen molar-refractivity contribution in [3.63, 3.8) is 0 Å². The molecule has 0 amide bonds. The van der Waals surface area contributed by atoms with Gasteiger partial charge >= 0.3 is 0 Å². The van der Waals surface area contributed by atoms with Gasteiger partial charge < -0.3 is 8.83 Å². The fourth-order valence-corrected chi connectivity index (χ4v) is 4.14. The number of fused-ring (bicyclic) bond motifs is 6. The molecule has 2 heterocycles. The highest BCUT2D eigenvalue weighted by Crippen LogP contribution is 2.42. The molecule has 0 radical (unpaired) electrons. The molecule has 0 saturated heterocycles. The molecule has 0 aliphatic carbocycles. The highest BCUT2D eigenvalue weighted by molar-refractivity contribution is 6.17. The van der Waals surface area contributed by atoms with Crippen LogP contribution >= 0.6 is 0 Å². The zero-order valence-electron chi connectivity index (χ0n) is 14.8. The van der Waals surface area contributed by atoms with E-state index < -0.39 is 0 Å². The fraction of sp³-hybridized carbons (Fsp3) is 0.0400. The molecule has 0 saturated carbocycles. The summed E-state index contributed by atoms with van der Waals surface area (Å²) in [6.45, 7) is 2.09. The van der Waals surface area contributed by atoms with Gasteiger partial charge in [-0.1, -0.05) is 66.7 Å². The predicted molar refractivity (Wildman–Crippen MR) is 111 cm³/mol. The third-order valence-electron chi connectivity index (χ3n) is 5.42. The summed E-state index contributed by atoms with van der Waals surface area (Å²) < 4.78 is 12.5. The molecule has 2 heteroatoms. The summed E-state index contributed by atoms with van der Waals surface area (Å²) in [7, 11) is 0. The molecule has 0 unspecified atom stereocenters. The molecule has 4 aromatic carbocycles. The lowest BCUT2D eigenvalue weighted by atomic mass is 9.96. The summed E-state index contributed by atoms with van der Waals surface area (Å²) in [5.74, 6) is 0. The molecule has 0 bridgehead atoms. The molecule has 2 nitrogen and oxygen atoms in total. The fourth-order valence-electron chi connectivity index (χ4n) is 4.14. The molecule has 0 fully saturated rings. The lowest BCUT2D eigenvalue weighted by Crippen LogP contribution is -1.83. The Labute approximate surface area is 155 Å². The van der Waals surface area contributed by atoms with Crippen LogP contribution in [0, 0.1) is 6.92 Å². The average molecular weight is 348 g/mol. The molecule has 0 aliphatic rings. The second kappa shape index (κ2) is 5.24. The minimum atomic E-state index is 0.917. The molecule has 6 rings (SSSR count). The van der Waals surface area contributed by atoms with Crippen LogP contribution in [-0.2, 0) is 0 Å². The number of rotatable bonds is 1. The van der Waals surface area contributed by atoms with E-state index in [1.54, 1.807) is 0 Å². The molecule has 0 spiro atoms. The van der Waals surface area contributed by atoms with Crippen LogP contribution in [0.4, 0.5) is 0 Å². The molecule has 0 aliphatic heterocycles. The third-order valence-corrected chi connectivity index (χ3v) is 5.42. The van der Waals surface area contributed by atoms with Crippen molar-refractivity contribution in [2.75, 3.05) is 0 Å². The van der Waals surface area contributed by atoms with Crippen LogP contribution in [-0.4, -0.2) is 0 Å². The van der Waals surface area contributed by atoms with Crippen LogP contribution in [0.15, 0.2) is 87.7 Å². The zero-order valence-corrected chi connectivity index (χ0v) is 14.8. The van der Waals surface area contributed by atoms with Gasteiger partial charge in [-0.3, -0.25) is 0 Å². The zero-order chi connectivity index (χ0) is 18.0. The van der Waals surface area contributed by atoms with Gasteiger partial charge in [0.2, 0.25) is 0 Å². The van der Waals surface area contributed by atoms with Gasteiger partial charge in [-0.15, -0.1) is 0 Å². The minimum Gasteiger partial charge on any atom is -0.456 e. The van der Waals surface area contributed by atoms with Crippen molar-refractivity contribution >= 4 is 43.9 Å². The first-order chi connectivity index (χ1) is 13.3. The summed E-state index contributed by atoms with van der Waals surface area (Å²) in [6.07, 6.45) is 0. The quantitative estimate of drug-likeness (QED) is 0.308. The van der Waals surface area contributed by atoms with E-state index in [0.717, 1.165) is 60.6 Å². The highest BCUT2D eigenvalue weighted by atomic mass is 16.3. The molecule has 0 N–H and O–H groups in total. The van der Waals surface area contributed by atoms with E-state index in [4.69, 9.17) is 8.83 Å². The SMILES string of the molecule is Cc1ccc(-c2cccc3c2oc2ccccc23)c2c1oc1ccccc12. The summed E-state index contributed by atoms with van der Waals surface area (Å²) in [6, 6.07) is 27.1. The smallest absolute Gasteiger partial charge is 0.143 e. The van der Waals surface area contributed by atoms with Gasteiger partial charge in [-0.2, -0.15) is 0 Å². The van der Waals surface area contributed by atoms with Crippen LogP contribution in [0.1, 0.15) is 5.56 Å². The predicted octanol–water partition coefficient (Wildman–Crippen LogP) is 7.46. The number of hydrogen-bond donors (Lipinski definition) is 0. The second-order valence-electron chi connectivity index (χ2n) is 7.01. The van der Waals surface area contributed by atoms with E-state index in [1.807, 2.05) is 24.3 Å². The van der Waals surface area contributed by atoms with Gasteiger partial charge in [0.1, 0.15) is 22.3 Å². The van der Waals surface area contributed by atoms with E-state index >= 15 is 0 Å². The lowest BCUT2D eigenvalue weighted by Gasteiger charge is -2.06. The standard InChI is InChI=1S/C25H16O2/c1-15-13-14-17(23-20-8-3-5-12-22(20)26-24(15)23)19-10-6-9-18-16-7-2-4-11-21(16)27-25(18)19/h2-14H,1H3. The largest absolute Gasteiger partial charge is 0.456 e. The number of benzene rings is 4. The Hall–Kier alpha value is -3.52. The Morgan fingerprint density at radius 3 is 2.04 bits per heavy atom. The Bertz CT molecular complexity index is 1480.